The summed E-state index contributed by atoms with van der Waals surface area (Å²) in [7, 11) is 0. The van der Waals surface area contributed by atoms with E-state index in [0.717, 1.165) is 39.5 Å². The van der Waals surface area contributed by atoms with E-state index in [0.29, 0.717) is 6.04 Å². The minimum Gasteiger partial charge on any atom is -0.309 e. The lowest BCUT2D eigenvalue weighted by Gasteiger charge is -2.22. The van der Waals surface area contributed by atoms with Crippen LogP contribution < -0.4 is 5.32 Å². The van der Waals surface area contributed by atoms with Crippen LogP contribution in [0.4, 0.5) is 0 Å². The number of nitrogens with one attached hydrogen (secondary N) is 1. The van der Waals surface area contributed by atoms with Gasteiger partial charge < -0.3 is 5.32 Å². The monoisotopic (exact) mass is 384 g/mol. The summed E-state index contributed by atoms with van der Waals surface area (Å²) in [6.07, 6.45) is 4.75. The third-order valence-electron chi connectivity index (χ3n) is 3.76. The first kappa shape index (κ1) is 15.5. The molecule has 0 radical (unpaired) electrons. The first-order valence-corrected chi connectivity index (χ1v) is 9.36. The third kappa shape index (κ3) is 3.34. The Labute approximate surface area is 143 Å². The largest absolute Gasteiger partial charge is 0.309 e. The average Bonchev–Trinajstić information content (AvgIpc) is 2.92. The third-order valence-corrected chi connectivity index (χ3v) is 6.17. The van der Waals surface area contributed by atoms with E-state index < -0.39 is 0 Å². The molecule has 1 aliphatic rings. The molecule has 0 aliphatic heterocycles. The molecule has 1 heterocycles. The summed E-state index contributed by atoms with van der Waals surface area (Å²) in [6, 6.07) is 6.48. The second kappa shape index (κ2) is 6.78. The minimum atomic E-state index is 0.421. The predicted molar refractivity (Wildman–Crippen MR) is 94.2 cm³/mol. The van der Waals surface area contributed by atoms with Gasteiger partial charge in [0.05, 0.1) is 16.8 Å². The van der Waals surface area contributed by atoms with E-state index in [2.05, 4.69) is 34.2 Å². The lowest BCUT2D eigenvalue weighted by molar-refractivity contribution is 0.454. The van der Waals surface area contributed by atoms with Crippen LogP contribution >= 0.6 is 38.9 Å². The van der Waals surface area contributed by atoms with Crippen molar-refractivity contribution in [3.05, 3.63) is 38.3 Å². The maximum Gasteiger partial charge on any atom is 0.123 e. The molecule has 112 valence electrons. The van der Waals surface area contributed by atoms with Crippen molar-refractivity contribution in [3.63, 3.8) is 0 Å². The first-order chi connectivity index (χ1) is 10.2. The van der Waals surface area contributed by atoms with Crippen molar-refractivity contribution in [2.45, 2.75) is 38.6 Å². The van der Waals surface area contributed by atoms with Crippen molar-refractivity contribution in [1.29, 1.82) is 0 Å². The molecule has 0 bridgehead atoms. The van der Waals surface area contributed by atoms with Gasteiger partial charge >= 0.3 is 0 Å². The fourth-order valence-corrected chi connectivity index (χ4v) is 4.28. The number of halogens is 2. The zero-order valence-electron chi connectivity index (χ0n) is 12.0. The van der Waals surface area contributed by atoms with Crippen LogP contribution in [0.1, 0.15) is 42.8 Å². The number of hydrogen-bond donors (Lipinski definition) is 1. The maximum absolute atomic E-state index is 6.21. The molecule has 21 heavy (non-hydrogen) atoms. The van der Waals surface area contributed by atoms with Gasteiger partial charge in [-0.2, -0.15) is 0 Å². The Morgan fingerprint density at radius 2 is 2.33 bits per heavy atom. The van der Waals surface area contributed by atoms with Crippen LogP contribution in [0.2, 0.25) is 5.02 Å². The molecule has 1 aromatic heterocycles. The zero-order valence-corrected chi connectivity index (χ0v) is 15.1. The van der Waals surface area contributed by atoms with Crippen LogP contribution in [0, 0.1) is 0 Å². The second-order valence-electron chi connectivity index (χ2n) is 5.36. The molecule has 0 saturated heterocycles. The summed E-state index contributed by atoms with van der Waals surface area (Å²) < 4.78 is 0.928. The van der Waals surface area contributed by atoms with Gasteiger partial charge in [0.2, 0.25) is 0 Å². The molecule has 0 fully saturated rings. The van der Waals surface area contributed by atoms with Gasteiger partial charge in [0.15, 0.2) is 0 Å². The van der Waals surface area contributed by atoms with Gasteiger partial charge in [0, 0.05) is 14.9 Å². The second-order valence-corrected chi connectivity index (χ2v) is 7.70. The van der Waals surface area contributed by atoms with Crippen molar-refractivity contribution in [2.24, 2.45) is 0 Å². The predicted octanol–water partition coefficient (Wildman–Crippen LogP) is 5.60. The topological polar surface area (TPSA) is 24.9 Å². The highest BCUT2D eigenvalue weighted by molar-refractivity contribution is 9.10. The molecule has 1 N–H and O–H groups in total. The zero-order chi connectivity index (χ0) is 14.8. The summed E-state index contributed by atoms with van der Waals surface area (Å²) in [5, 5.41) is 5.44. The number of nitrogens with zero attached hydrogens (tertiary/aromatic N) is 1. The molecule has 5 heteroatoms. The lowest BCUT2D eigenvalue weighted by Crippen LogP contribution is -2.25. The van der Waals surface area contributed by atoms with E-state index in [1.165, 1.54) is 23.4 Å². The summed E-state index contributed by atoms with van der Waals surface area (Å²) >= 11 is 11.5. The van der Waals surface area contributed by atoms with E-state index in [4.69, 9.17) is 16.6 Å². The number of fused-ring (bicyclic) bond motifs is 1. The highest BCUT2D eigenvalue weighted by Gasteiger charge is 2.24. The molecule has 0 spiro atoms. The van der Waals surface area contributed by atoms with Gasteiger partial charge in [-0.05, 0) is 60.3 Å². The number of thiazole rings is 1. The standard InChI is InChI=1S/C16H18BrClN2S/c1-2-8-19-13-4-3-5-14-15(13)20-16(21-14)10-6-7-11(17)12(18)9-10/h6-7,9,13,19H,2-5,8H2,1H3. The fourth-order valence-electron chi connectivity index (χ4n) is 2.69. The van der Waals surface area contributed by atoms with Crippen LogP contribution in [0.15, 0.2) is 22.7 Å². The van der Waals surface area contributed by atoms with E-state index in [1.807, 2.05) is 23.5 Å². The lowest BCUT2D eigenvalue weighted by atomic mass is 9.97. The fraction of sp³-hybridized carbons (Fsp3) is 0.438. The quantitative estimate of drug-likeness (QED) is 0.740. The Balaban J connectivity index is 1.91. The molecule has 2 aromatic rings. The van der Waals surface area contributed by atoms with E-state index in [-0.39, 0.29) is 0 Å². The van der Waals surface area contributed by atoms with Crippen molar-refractivity contribution < 1.29 is 0 Å². The van der Waals surface area contributed by atoms with Crippen LogP contribution in [-0.4, -0.2) is 11.5 Å². The molecule has 1 aromatic carbocycles. The Kier molecular flexibility index (Phi) is 4.99. The van der Waals surface area contributed by atoms with Gasteiger partial charge in [-0.25, -0.2) is 4.98 Å². The first-order valence-electron chi connectivity index (χ1n) is 7.37. The van der Waals surface area contributed by atoms with E-state index in [1.54, 1.807) is 0 Å². The van der Waals surface area contributed by atoms with Crippen molar-refractivity contribution in [3.8, 4) is 10.6 Å². The molecular formula is C16H18BrClN2S. The van der Waals surface area contributed by atoms with Gasteiger partial charge in [0.1, 0.15) is 5.01 Å². The van der Waals surface area contributed by atoms with Gasteiger partial charge in [-0.3, -0.25) is 0 Å². The molecular weight excluding hydrogens is 368 g/mol. The van der Waals surface area contributed by atoms with Crippen LogP contribution in [0.3, 0.4) is 0 Å². The summed E-state index contributed by atoms with van der Waals surface area (Å²) in [4.78, 5) is 6.34. The summed E-state index contributed by atoms with van der Waals surface area (Å²) in [5.41, 5.74) is 2.37. The summed E-state index contributed by atoms with van der Waals surface area (Å²) in [5.74, 6) is 0. The van der Waals surface area contributed by atoms with Crippen molar-refractivity contribution >= 4 is 38.9 Å². The van der Waals surface area contributed by atoms with Gasteiger partial charge in [-0.1, -0.05) is 24.6 Å². The van der Waals surface area contributed by atoms with E-state index in [9.17, 15) is 0 Å². The number of aromatic nitrogens is 1. The van der Waals surface area contributed by atoms with Crippen LogP contribution in [0.25, 0.3) is 10.6 Å². The molecule has 2 nitrogen and oxygen atoms in total. The van der Waals surface area contributed by atoms with E-state index >= 15 is 0 Å². The van der Waals surface area contributed by atoms with Crippen LogP contribution in [0.5, 0.6) is 0 Å². The molecule has 1 atom stereocenters. The Morgan fingerprint density at radius 1 is 1.48 bits per heavy atom. The summed E-state index contributed by atoms with van der Waals surface area (Å²) in [6.45, 7) is 3.26. The Hall–Kier alpha value is -0.420. The maximum atomic E-state index is 6.21. The Morgan fingerprint density at radius 3 is 3.10 bits per heavy atom. The highest BCUT2D eigenvalue weighted by Crippen LogP contribution is 2.38. The SMILES string of the molecule is CCCNC1CCCc2sc(-c3ccc(Br)c(Cl)c3)nc21. The number of hydrogen-bond acceptors (Lipinski definition) is 3. The molecule has 0 saturated carbocycles. The number of aryl methyl sites for hydroxylation is 1. The number of rotatable bonds is 4. The normalized spacial score (nSPS) is 17.8. The minimum absolute atomic E-state index is 0.421. The van der Waals surface area contributed by atoms with Crippen LogP contribution in [-0.2, 0) is 6.42 Å². The molecule has 0 amide bonds. The highest BCUT2D eigenvalue weighted by atomic mass is 79.9. The Bertz CT molecular complexity index is 641. The van der Waals surface area contributed by atoms with Gasteiger partial charge in [-0.15, -0.1) is 11.3 Å². The molecule has 1 unspecified atom stereocenters. The van der Waals surface area contributed by atoms with Gasteiger partial charge in [0.25, 0.3) is 0 Å². The van der Waals surface area contributed by atoms with Crippen molar-refractivity contribution in [1.82, 2.24) is 10.3 Å². The average molecular weight is 386 g/mol. The van der Waals surface area contributed by atoms with Crippen molar-refractivity contribution in [2.75, 3.05) is 6.54 Å². The smallest absolute Gasteiger partial charge is 0.123 e. The number of benzene rings is 1. The molecule has 1 aliphatic carbocycles. The molecule has 3 rings (SSSR count).